The first kappa shape index (κ1) is 15.8. The van der Waals surface area contributed by atoms with E-state index in [4.69, 9.17) is 15.7 Å². The maximum Gasteiger partial charge on any atom is 0.269 e. The highest BCUT2D eigenvalue weighted by Crippen LogP contribution is 2.35. The Labute approximate surface area is 140 Å². The van der Waals surface area contributed by atoms with Gasteiger partial charge in [-0.25, -0.2) is 4.98 Å². The maximum atomic E-state index is 12.8. The van der Waals surface area contributed by atoms with E-state index in [9.17, 15) is 4.79 Å². The number of benzene rings is 1. The number of nitrogens with two attached hydrogens (primary N) is 1. The predicted molar refractivity (Wildman–Crippen MR) is 90.3 cm³/mol. The molecular formula is C18H18N4O2. The van der Waals surface area contributed by atoms with Crippen molar-refractivity contribution in [3.05, 3.63) is 47.5 Å². The maximum absolute atomic E-state index is 12.8. The van der Waals surface area contributed by atoms with Crippen LogP contribution in [0.25, 0.3) is 0 Å². The van der Waals surface area contributed by atoms with Gasteiger partial charge in [0.05, 0.1) is 18.2 Å². The van der Waals surface area contributed by atoms with E-state index in [0.717, 1.165) is 5.56 Å². The fourth-order valence-electron chi connectivity index (χ4n) is 2.62. The van der Waals surface area contributed by atoms with E-state index in [1.807, 2.05) is 26.0 Å². The van der Waals surface area contributed by atoms with E-state index in [1.165, 1.54) is 0 Å². The Morgan fingerprint density at radius 2 is 2.00 bits per heavy atom. The molecule has 0 radical (unpaired) electrons. The number of nitrogen functional groups attached to an aromatic ring is 1. The number of ether oxygens (including phenoxy) is 1. The lowest BCUT2D eigenvalue weighted by Gasteiger charge is -2.35. The Morgan fingerprint density at radius 1 is 1.29 bits per heavy atom. The largest absolute Gasteiger partial charge is 0.476 e. The summed E-state index contributed by atoms with van der Waals surface area (Å²) in [5, 5.41) is 8.89. The zero-order chi connectivity index (χ0) is 17.3. The van der Waals surface area contributed by atoms with Crippen molar-refractivity contribution in [3.63, 3.8) is 0 Å². The van der Waals surface area contributed by atoms with Crippen molar-refractivity contribution in [1.82, 2.24) is 4.98 Å². The van der Waals surface area contributed by atoms with Crippen molar-refractivity contribution in [2.75, 3.05) is 10.6 Å². The molecule has 6 nitrogen and oxygen atoms in total. The quantitative estimate of drug-likeness (QED) is 0.937. The number of nitriles is 1. The zero-order valence-electron chi connectivity index (χ0n) is 13.6. The number of nitrogens with zero attached hydrogens (tertiary/aromatic N) is 3. The summed E-state index contributed by atoms with van der Waals surface area (Å²) in [5.41, 5.74) is 7.26. The second kappa shape index (κ2) is 6.20. The van der Waals surface area contributed by atoms with Crippen LogP contribution >= 0.6 is 0 Å². The normalized spacial score (nSPS) is 16.5. The third kappa shape index (κ3) is 2.88. The van der Waals surface area contributed by atoms with E-state index >= 15 is 0 Å². The first-order valence-electron chi connectivity index (χ1n) is 7.73. The molecule has 1 amide bonds. The lowest BCUT2D eigenvalue weighted by Crippen LogP contribution is -2.48. The van der Waals surface area contributed by atoms with Gasteiger partial charge >= 0.3 is 0 Å². The summed E-state index contributed by atoms with van der Waals surface area (Å²) in [4.78, 5) is 18.7. The lowest BCUT2D eigenvalue weighted by atomic mass is 10.0. The minimum absolute atomic E-state index is 0.0340. The van der Waals surface area contributed by atoms with Gasteiger partial charge in [-0.2, -0.15) is 5.26 Å². The number of hydrogen-bond acceptors (Lipinski definition) is 5. The number of rotatable bonds is 3. The number of pyridine rings is 1. The fourth-order valence-corrected chi connectivity index (χ4v) is 2.62. The number of carbonyl (C=O) groups is 1. The predicted octanol–water partition coefficient (Wildman–Crippen LogP) is 2.49. The fraction of sp³-hybridized carbons (Fsp3) is 0.278. The number of carbonyl (C=O) groups excluding carboxylic acids is 1. The van der Waals surface area contributed by atoms with Crippen LogP contribution in [-0.4, -0.2) is 17.0 Å². The van der Waals surface area contributed by atoms with Crippen molar-refractivity contribution >= 4 is 17.5 Å². The van der Waals surface area contributed by atoms with Crippen molar-refractivity contribution in [3.8, 4) is 11.8 Å². The van der Waals surface area contributed by atoms with Crippen molar-refractivity contribution in [2.45, 2.75) is 26.5 Å². The number of anilines is 2. The number of fused-ring (bicyclic) bond motifs is 1. The molecule has 0 saturated heterocycles. The van der Waals surface area contributed by atoms with Gasteiger partial charge in [0.1, 0.15) is 5.82 Å². The van der Waals surface area contributed by atoms with Crippen molar-refractivity contribution < 1.29 is 9.53 Å². The van der Waals surface area contributed by atoms with Gasteiger partial charge in [0, 0.05) is 0 Å². The zero-order valence-corrected chi connectivity index (χ0v) is 13.6. The standard InChI is InChI=1S/C18H18N4O2/c1-11(2)16-18(23)22(10-13-5-3-12(9-19)4-6-13)17-14(24-16)7-8-15(20)21-17/h3-8,11,16H,10H2,1-2H3,(H2,20,21). The minimum Gasteiger partial charge on any atom is -0.476 e. The molecular weight excluding hydrogens is 304 g/mol. The highest BCUT2D eigenvalue weighted by molar-refractivity contribution is 5.99. The van der Waals surface area contributed by atoms with Crippen LogP contribution in [0.1, 0.15) is 25.0 Å². The molecule has 122 valence electrons. The smallest absolute Gasteiger partial charge is 0.269 e. The molecule has 6 heteroatoms. The van der Waals surface area contributed by atoms with Crippen molar-refractivity contribution in [1.29, 1.82) is 5.26 Å². The topological polar surface area (TPSA) is 92.2 Å². The molecule has 0 aliphatic carbocycles. The van der Waals surface area contributed by atoms with Gasteiger partial charge in [0.15, 0.2) is 17.7 Å². The van der Waals surface area contributed by atoms with Crippen LogP contribution in [0.5, 0.6) is 5.75 Å². The first-order chi connectivity index (χ1) is 11.5. The SMILES string of the molecule is CC(C)C1Oc2ccc(N)nc2N(Cc2ccc(C#N)cc2)C1=O. The van der Waals surface area contributed by atoms with Gasteiger partial charge in [0.25, 0.3) is 5.91 Å². The minimum atomic E-state index is -0.554. The summed E-state index contributed by atoms with van der Waals surface area (Å²) >= 11 is 0. The molecule has 24 heavy (non-hydrogen) atoms. The molecule has 1 aliphatic heterocycles. The Hall–Kier alpha value is -3.07. The van der Waals surface area contributed by atoms with Gasteiger partial charge in [0.2, 0.25) is 0 Å². The third-order valence-corrected chi connectivity index (χ3v) is 3.91. The van der Waals surface area contributed by atoms with E-state index in [2.05, 4.69) is 11.1 Å². The van der Waals surface area contributed by atoms with Gasteiger partial charge in [-0.05, 0) is 35.7 Å². The monoisotopic (exact) mass is 322 g/mol. The van der Waals surface area contributed by atoms with Crippen LogP contribution in [0.3, 0.4) is 0 Å². The van der Waals surface area contributed by atoms with Crippen LogP contribution < -0.4 is 15.4 Å². The average Bonchev–Trinajstić information content (AvgIpc) is 2.57. The summed E-state index contributed by atoms with van der Waals surface area (Å²) in [6.45, 7) is 4.23. The molecule has 3 rings (SSSR count). The molecule has 1 aromatic carbocycles. The molecule has 0 spiro atoms. The van der Waals surface area contributed by atoms with Gasteiger partial charge in [-0.15, -0.1) is 0 Å². The molecule has 0 bridgehead atoms. The lowest BCUT2D eigenvalue weighted by molar-refractivity contribution is -0.128. The van der Waals surface area contributed by atoms with E-state index in [-0.39, 0.29) is 11.8 Å². The Balaban J connectivity index is 1.98. The molecule has 2 N–H and O–H groups in total. The second-order valence-electron chi connectivity index (χ2n) is 6.07. The second-order valence-corrected chi connectivity index (χ2v) is 6.07. The van der Waals surface area contributed by atoms with Crippen LogP contribution in [-0.2, 0) is 11.3 Å². The molecule has 0 fully saturated rings. The Kier molecular flexibility index (Phi) is 4.09. The average molecular weight is 322 g/mol. The Morgan fingerprint density at radius 3 is 2.62 bits per heavy atom. The van der Waals surface area contributed by atoms with Gasteiger partial charge in [-0.1, -0.05) is 26.0 Å². The summed E-state index contributed by atoms with van der Waals surface area (Å²) in [6.07, 6.45) is -0.554. The number of aromatic nitrogens is 1. The van der Waals surface area contributed by atoms with E-state index < -0.39 is 6.10 Å². The number of hydrogen-bond donors (Lipinski definition) is 1. The molecule has 1 aliphatic rings. The van der Waals surface area contributed by atoms with Crippen LogP contribution in [0.4, 0.5) is 11.6 Å². The van der Waals surface area contributed by atoms with Crippen molar-refractivity contribution in [2.24, 2.45) is 5.92 Å². The third-order valence-electron chi connectivity index (χ3n) is 3.91. The molecule has 1 unspecified atom stereocenters. The summed E-state index contributed by atoms with van der Waals surface area (Å²) in [5.74, 6) is 1.21. The number of amides is 1. The first-order valence-corrected chi connectivity index (χ1v) is 7.73. The summed E-state index contributed by atoms with van der Waals surface area (Å²) in [7, 11) is 0. The van der Waals surface area contributed by atoms with Gasteiger partial charge < -0.3 is 10.5 Å². The van der Waals surface area contributed by atoms with Crippen LogP contribution in [0, 0.1) is 17.2 Å². The summed E-state index contributed by atoms with van der Waals surface area (Å²) in [6, 6.07) is 12.6. The van der Waals surface area contributed by atoms with Crippen LogP contribution in [0.15, 0.2) is 36.4 Å². The molecule has 1 aromatic heterocycles. The van der Waals surface area contributed by atoms with E-state index in [1.54, 1.807) is 29.2 Å². The highest BCUT2D eigenvalue weighted by atomic mass is 16.5. The Bertz CT molecular complexity index is 809. The molecule has 2 aromatic rings. The summed E-state index contributed by atoms with van der Waals surface area (Å²) < 4.78 is 5.81. The van der Waals surface area contributed by atoms with Crippen LogP contribution in [0.2, 0.25) is 0 Å². The molecule has 1 atom stereocenters. The highest BCUT2D eigenvalue weighted by Gasteiger charge is 2.37. The van der Waals surface area contributed by atoms with E-state index in [0.29, 0.717) is 29.5 Å². The van der Waals surface area contributed by atoms with Gasteiger partial charge in [-0.3, -0.25) is 9.69 Å². The molecule has 0 saturated carbocycles. The molecule has 2 heterocycles.